The van der Waals surface area contributed by atoms with Gasteiger partial charge >= 0.3 is 6.09 Å². The fourth-order valence-corrected chi connectivity index (χ4v) is 2.49. The van der Waals surface area contributed by atoms with Gasteiger partial charge in [0.05, 0.1) is 0 Å². The minimum Gasteiger partial charge on any atom is -0.444 e. The maximum Gasteiger partial charge on any atom is 0.408 e. The number of ether oxygens (including phenoxy) is 1. The average Bonchev–Trinajstić information content (AvgIpc) is 3.14. The molecule has 3 rings (SSSR count). The van der Waals surface area contributed by atoms with Gasteiger partial charge in [0.25, 0.3) is 0 Å². The van der Waals surface area contributed by atoms with Gasteiger partial charge in [0.15, 0.2) is 5.82 Å². The smallest absolute Gasteiger partial charge is 0.408 e. The zero-order valence-corrected chi connectivity index (χ0v) is 13.8. The summed E-state index contributed by atoms with van der Waals surface area (Å²) in [7, 11) is 0. The van der Waals surface area contributed by atoms with Crippen molar-refractivity contribution in [2.24, 2.45) is 0 Å². The van der Waals surface area contributed by atoms with Gasteiger partial charge in [-0.05, 0) is 32.4 Å². The Morgan fingerprint density at radius 2 is 2.12 bits per heavy atom. The van der Waals surface area contributed by atoms with Crippen LogP contribution < -0.4 is 5.32 Å². The van der Waals surface area contributed by atoms with Crippen LogP contribution in [0, 0.1) is 0 Å². The normalized spacial score (nSPS) is 13.0. The van der Waals surface area contributed by atoms with E-state index in [-0.39, 0.29) is 0 Å². The number of fused-ring (bicyclic) bond motifs is 1. The summed E-state index contributed by atoms with van der Waals surface area (Å²) < 4.78 is 5.33. The van der Waals surface area contributed by atoms with Crippen LogP contribution in [0.15, 0.2) is 30.5 Å². The van der Waals surface area contributed by atoms with Gasteiger partial charge in [0.1, 0.15) is 11.6 Å². The van der Waals surface area contributed by atoms with E-state index < -0.39 is 17.7 Å². The van der Waals surface area contributed by atoms with E-state index in [2.05, 4.69) is 30.9 Å². The van der Waals surface area contributed by atoms with E-state index >= 15 is 0 Å². The average molecular weight is 328 g/mol. The summed E-state index contributed by atoms with van der Waals surface area (Å²) in [5.74, 6) is 0.408. The highest BCUT2D eigenvalue weighted by atomic mass is 16.6. The van der Waals surface area contributed by atoms with Crippen molar-refractivity contribution in [3.05, 3.63) is 41.9 Å². The van der Waals surface area contributed by atoms with E-state index in [4.69, 9.17) is 4.74 Å². The number of hydrogen-bond donors (Lipinski definition) is 3. The first-order valence-electron chi connectivity index (χ1n) is 7.70. The topological polar surface area (TPSA) is 109 Å². The van der Waals surface area contributed by atoms with Gasteiger partial charge in [-0.25, -0.2) is 4.79 Å². The van der Waals surface area contributed by atoms with E-state index in [0.29, 0.717) is 12.2 Å². The molecule has 0 saturated carbocycles. The Labute approximate surface area is 139 Å². The lowest BCUT2D eigenvalue weighted by atomic mass is 10.0. The van der Waals surface area contributed by atoms with Crippen molar-refractivity contribution in [1.29, 1.82) is 0 Å². The van der Waals surface area contributed by atoms with Crippen molar-refractivity contribution in [2.45, 2.75) is 38.8 Å². The predicted octanol–water partition coefficient (Wildman–Crippen LogP) is 2.49. The molecule has 2 aromatic heterocycles. The van der Waals surface area contributed by atoms with E-state index in [1.165, 1.54) is 0 Å². The monoisotopic (exact) mass is 328 g/mol. The number of nitrogens with one attached hydrogen (secondary N) is 3. The third-order valence-electron chi connectivity index (χ3n) is 3.46. The Balaban J connectivity index is 1.82. The van der Waals surface area contributed by atoms with Crippen LogP contribution >= 0.6 is 0 Å². The zero-order chi connectivity index (χ0) is 17.2. The van der Waals surface area contributed by atoms with Gasteiger partial charge < -0.3 is 15.0 Å². The van der Waals surface area contributed by atoms with Crippen LogP contribution in [-0.2, 0) is 11.2 Å². The van der Waals surface area contributed by atoms with Crippen LogP contribution in [0.4, 0.5) is 4.79 Å². The molecule has 126 valence electrons. The van der Waals surface area contributed by atoms with Crippen LogP contribution in [0.3, 0.4) is 0 Å². The number of rotatable bonds is 4. The first kappa shape index (κ1) is 16.0. The predicted molar refractivity (Wildman–Crippen MR) is 88.3 cm³/mol. The summed E-state index contributed by atoms with van der Waals surface area (Å²) >= 11 is 0. The molecular weight excluding hydrogens is 308 g/mol. The second-order valence-corrected chi connectivity index (χ2v) is 6.53. The van der Waals surface area contributed by atoms with Crippen LogP contribution in [-0.4, -0.2) is 37.3 Å². The number of tetrazole rings is 1. The third kappa shape index (κ3) is 3.70. The quantitative estimate of drug-likeness (QED) is 0.682. The number of carbonyl (C=O) groups excluding carboxylic acids is 1. The summed E-state index contributed by atoms with van der Waals surface area (Å²) in [4.78, 5) is 15.4. The molecule has 0 aliphatic carbocycles. The maximum absolute atomic E-state index is 12.1. The Morgan fingerprint density at radius 3 is 2.83 bits per heavy atom. The van der Waals surface area contributed by atoms with E-state index in [9.17, 15) is 4.79 Å². The lowest BCUT2D eigenvalue weighted by Gasteiger charge is -2.22. The van der Waals surface area contributed by atoms with Crippen molar-refractivity contribution in [1.82, 2.24) is 30.9 Å². The van der Waals surface area contributed by atoms with Gasteiger partial charge in [-0.2, -0.15) is 5.21 Å². The number of H-pyrrole nitrogens is 2. The highest BCUT2D eigenvalue weighted by Crippen LogP contribution is 2.23. The Kier molecular flexibility index (Phi) is 4.20. The van der Waals surface area contributed by atoms with Gasteiger partial charge in [0, 0.05) is 23.5 Å². The number of amides is 1. The molecule has 2 heterocycles. The molecule has 1 amide bonds. The molecule has 0 bridgehead atoms. The van der Waals surface area contributed by atoms with Gasteiger partial charge in [0.2, 0.25) is 0 Å². The molecule has 0 spiro atoms. The molecule has 8 heteroatoms. The number of para-hydroxylation sites is 1. The summed E-state index contributed by atoms with van der Waals surface area (Å²) in [5.41, 5.74) is 1.51. The Morgan fingerprint density at radius 1 is 1.33 bits per heavy atom. The second kappa shape index (κ2) is 6.31. The lowest BCUT2D eigenvalue weighted by Crippen LogP contribution is -2.36. The van der Waals surface area contributed by atoms with Crippen LogP contribution in [0.25, 0.3) is 10.9 Å². The largest absolute Gasteiger partial charge is 0.444 e. The third-order valence-corrected chi connectivity index (χ3v) is 3.46. The molecule has 0 aliphatic rings. The number of aromatic amines is 2. The van der Waals surface area contributed by atoms with Crippen molar-refractivity contribution in [3.63, 3.8) is 0 Å². The molecule has 8 nitrogen and oxygen atoms in total. The van der Waals surface area contributed by atoms with Gasteiger partial charge in [-0.3, -0.25) is 0 Å². The minimum absolute atomic E-state index is 0.408. The first-order chi connectivity index (χ1) is 11.4. The van der Waals surface area contributed by atoms with Crippen molar-refractivity contribution >= 4 is 17.0 Å². The number of alkyl carbamates (subject to hydrolysis) is 1. The summed E-state index contributed by atoms with van der Waals surface area (Å²) in [6, 6.07) is 7.53. The molecule has 1 atom stereocenters. The molecule has 0 radical (unpaired) electrons. The molecular formula is C16H20N6O2. The van der Waals surface area contributed by atoms with E-state index in [0.717, 1.165) is 16.5 Å². The van der Waals surface area contributed by atoms with E-state index in [1.807, 2.05) is 51.2 Å². The van der Waals surface area contributed by atoms with E-state index in [1.54, 1.807) is 0 Å². The minimum atomic E-state index is -0.577. The summed E-state index contributed by atoms with van der Waals surface area (Å²) in [6.07, 6.45) is 1.93. The Hall–Kier alpha value is -2.90. The van der Waals surface area contributed by atoms with Crippen molar-refractivity contribution in [3.8, 4) is 0 Å². The number of aromatic nitrogens is 5. The molecule has 3 N–H and O–H groups in total. The number of benzene rings is 1. The second-order valence-electron chi connectivity index (χ2n) is 6.53. The van der Waals surface area contributed by atoms with Crippen LogP contribution in [0.2, 0.25) is 0 Å². The molecule has 3 aromatic rings. The molecule has 0 saturated heterocycles. The van der Waals surface area contributed by atoms with Crippen LogP contribution in [0.5, 0.6) is 0 Å². The highest BCUT2D eigenvalue weighted by Gasteiger charge is 2.24. The maximum atomic E-state index is 12.1. The van der Waals surface area contributed by atoms with Gasteiger partial charge in [-0.1, -0.05) is 23.4 Å². The number of hydrogen-bond acceptors (Lipinski definition) is 5. The molecule has 1 aromatic carbocycles. The summed E-state index contributed by atoms with van der Waals surface area (Å²) in [6.45, 7) is 5.45. The fourth-order valence-electron chi connectivity index (χ4n) is 2.49. The van der Waals surface area contributed by atoms with Crippen LogP contribution in [0.1, 0.15) is 38.2 Å². The van der Waals surface area contributed by atoms with Crippen molar-refractivity contribution < 1.29 is 9.53 Å². The SMILES string of the molecule is CC(C)(C)OC(=O)N[C@@H](Cc1c[nH]c2ccccc12)c1nn[nH]n1. The fraction of sp³-hybridized carbons (Fsp3) is 0.375. The summed E-state index contributed by atoms with van der Waals surface area (Å²) in [5, 5.41) is 17.9. The highest BCUT2D eigenvalue weighted by molar-refractivity contribution is 5.83. The molecule has 0 unspecified atom stereocenters. The number of carbonyl (C=O) groups is 1. The first-order valence-corrected chi connectivity index (χ1v) is 7.70. The van der Waals surface area contributed by atoms with Gasteiger partial charge in [-0.15, -0.1) is 10.2 Å². The van der Waals surface area contributed by atoms with Crippen molar-refractivity contribution in [2.75, 3.05) is 0 Å². The number of nitrogens with zero attached hydrogens (tertiary/aromatic N) is 3. The standard InChI is InChI=1S/C16H20N6O2/c1-16(2,3)24-15(23)18-13(14-19-21-22-20-14)8-10-9-17-12-7-5-4-6-11(10)12/h4-7,9,13,17H,8H2,1-3H3,(H,18,23)(H,19,20,21,22)/t13-/m0/s1. The lowest BCUT2D eigenvalue weighted by molar-refractivity contribution is 0.0501. The Bertz CT molecular complexity index is 819. The molecule has 0 aliphatic heterocycles. The molecule has 0 fully saturated rings. The molecule has 24 heavy (non-hydrogen) atoms. The zero-order valence-electron chi connectivity index (χ0n) is 13.8.